The van der Waals surface area contributed by atoms with Crippen molar-refractivity contribution in [3.8, 4) is 6.07 Å². The molecule has 1 atom stereocenters. The van der Waals surface area contributed by atoms with Gasteiger partial charge in [-0.05, 0) is 28.4 Å². The maximum atomic E-state index is 9.83. The van der Waals surface area contributed by atoms with Gasteiger partial charge in [0.15, 0.2) is 0 Å². The van der Waals surface area contributed by atoms with Crippen molar-refractivity contribution in [2.24, 2.45) is 0 Å². The van der Waals surface area contributed by atoms with Crippen LogP contribution in [-0.2, 0) is 6.54 Å². The predicted molar refractivity (Wildman–Crippen MR) is 94.8 cm³/mol. The van der Waals surface area contributed by atoms with E-state index in [1.165, 1.54) is 10.9 Å². The molecule has 2 nitrogen and oxygen atoms in total. The third-order valence-electron chi connectivity index (χ3n) is 4.24. The molecule has 2 heteroatoms. The van der Waals surface area contributed by atoms with Crippen molar-refractivity contribution in [2.75, 3.05) is 6.54 Å². The van der Waals surface area contributed by atoms with Crippen LogP contribution in [-0.4, -0.2) is 11.4 Å². The van der Waals surface area contributed by atoms with E-state index < -0.39 is 0 Å². The summed E-state index contributed by atoms with van der Waals surface area (Å²) in [5.74, 6) is 0. The van der Waals surface area contributed by atoms with Gasteiger partial charge in [-0.25, -0.2) is 0 Å². The van der Waals surface area contributed by atoms with Crippen LogP contribution in [0.5, 0.6) is 0 Å². The minimum atomic E-state index is -0.244. The van der Waals surface area contributed by atoms with Gasteiger partial charge in [-0.15, -0.1) is 0 Å². The highest BCUT2D eigenvalue weighted by molar-refractivity contribution is 5.86. The summed E-state index contributed by atoms with van der Waals surface area (Å²) in [4.78, 5) is 2.22. The molecule has 1 unspecified atom stereocenters. The fraction of sp³-hybridized carbons (Fsp3) is 0.190. The summed E-state index contributed by atoms with van der Waals surface area (Å²) >= 11 is 0. The van der Waals surface area contributed by atoms with Crippen LogP contribution in [0.3, 0.4) is 0 Å². The van der Waals surface area contributed by atoms with Gasteiger partial charge in [0.2, 0.25) is 0 Å². The first kappa shape index (κ1) is 15.3. The van der Waals surface area contributed by atoms with Crippen LogP contribution in [0.25, 0.3) is 10.8 Å². The Balaban J connectivity index is 1.98. The lowest BCUT2D eigenvalue weighted by Gasteiger charge is -2.27. The molecule has 0 bridgehead atoms. The number of fused-ring (bicyclic) bond motifs is 1. The van der Waals surface area contributed by atoms with Gasteiger partial charge >= 0.3 is 0 Å². The first-order chi connectivity index (χ1) is 11.3. The monoisotopic (exact) mass is 300 g/mol. The number of nitrogens with zero attached hydrogens (tertiary/aromatic N) is 2. The third kappa shape index (κ3) is 3.26. The molecule has 0 N–H and O–H groups in total. The number of hydrogen-bond donors (Lipinski definition) is 0. The Labute approximate surface area is 137 Å². The van der Waals surface area contributed by atoms with Crippen molar-refractivity contribution in [3.63, 3.8) is 0 Å². The molecule has 0 spiro atoms. The quantitative estimate of drug-likeness (QED) is 0.668. The van der Waals surface area contributed by atoms with Crippen molar-refractivity contribution in [2.45, 2.75) is 19.5 Å². The highest BCUT2D eigenvalue weighted by atomic mass is 15.1. The maximum absolute atomic E-state index is 9.83. The number of rotatable bonds is 5. The lowest BCUT2D eigenvalue weighted by atomic mass is 9.98. The summed E-state index contributed by atoms with van der Waals surface area (Å²) in [5.41, 5.74) is 2.32. The molecule has 0 fully saturated rings. The van der Waals surface area contributed by atoms with Gasteiger partial charge in [0.25, 0.3) is 0 Å². The molecule has 23 heavy (non-hydrogen) atoms. The minimum absolute atomic E-state index is 0.244. The predicted octanol–water partition coefficient (Wildman–Crippen LogP) is 4.93. The number of benzene rings is 3. The number of nitriles is 1. The first-order valence-electron chi connectivity index (χ1n) is 7.98. The molecule has 3 rings (SSSR count). The Kier molecular flexibility index (Phi) is 4.71. The van der Waals surface area contributed by atoms with Gasteiger partial charge < -0.3 is 0 Å². The van der Waals surface area contributed by atoms with Gasteiger partial charge in [0.05, 0.1) is 6.07 Å². The van der Waals surface area contributed by atoms with E-state index in [9.17, 15) is 5.26 Å². The molecule has 0 radical (unpaired) electrons. The molecule has 0 heterocycles. The second-order valence-corrected chi connectivity index (χ2v) is 5.65. The second kappa shape index (κ2) is 7.09. The fourth-order valence-electron chi connectivity index (χ4n) is 3.04. The zero-order valence-corrected chi connectivity index (χ0v) is 13.3. The first-order valence-corrected chi connectivity index (χ1v) is 7.98. The molecule has 0 aliphatic heterocycles. The van der Waals surface area contributed by atoms with Crippen LogP contribution in [0.4, 0.5) is 0 Å². The van der Waals surface area contributed by atoms with Crippen LogP contribution in [0, 0.1) is 11.3 Å². The Morgan fingerprint density at radius 1 is 0.913 bits per heavy atom. The van der Waals surface area contributed by atoms with Gasteiger partial charge in [0.1, 0.15) is 6.04 Å². The average Bonchev–Trinajstić information content (AvgIpc) is 2.62. The van der Waals surface area contributed by atoms with Gasteiger partial charge in [-0.1, -0.05) is 79.7 Å². The summed E-state index contributed by atoms with van der Waals surface area (Å²) in [6.45, 7) is 3.72. The minimum Gasteiger partial charge on any atom is -0.280 e. The summed E-state index contributed by atoms with van der Waals surface area (Å²) in [5, 5.41) is 12.2. The molecule has 3 aromatic carbocycles. The summed E-state index contributed by atoms with van der Waals surface area (Å²) in [7, 11) is 0. The van der Waals surface area contributed by atoms with Gasteiger partial charge in [-0.2, -0.15) is 5.26 Å². The molecule has 0 aliphatic carbocycles. The Morgan fingerprint density at radius 2 is 1.61 bits per heavy atom. The third-order valence-corrected chi connectivity index (χ3v) is 4.24. The van der Waals surface area contributed by atoms with Crippen LogP contribution >= 0.6 is 0 Å². The van der Waals surface area contributed by atoms with Crippen LogP contribution < -0.4 is 0 Å². The normalized spacial score (nSPS) is 12.2. The Hall–Kier alpha value is -2.63. The Bertz CT molecular complexity index is 813. The van der Waals surface area contributed by atoms with E-state index in [-0.39, 0.29) is 6.04 Å². The molecule has 0 amide bonds. The summed E-state index contributed by atoms with van der Waals surface area (Å²) in [6, 6.07) is 27.1. The van der Waals surface area contributed by atoms with E-state index in [1.54, 1.807) is 0 Å². The average molecular weight is 300 g/mol. The molecule has 0 saturated carbocycles. The van der Waals surface area contributed by atoms with Crippen molar-refractivity contribution < 1.29 is 0 Å². The smallest absolute Gasteiger partial charge is 0.124 e. The zero-order valence-electron chi connectivity index (χ0n) is 13.3. The molecule has 0 aromatic heterocycles. The van der Waals surface area contributed by atoms with Crippen molar-refractivity contribution >= 4 is 10.8 Å². The van der Waals surface area contributed by atoms with Gasteiger partial charge in [-0.3, -0.25) is 4.90 Å². The highest BCUT2D eigenvalue weighted by Crippen LogP contribution is 2.28. The topological polar surface area (TPSA) is 27.0 Å². The molecule has 0 aliphatic rings. The van der Waals surface area contributed by atoms with E-state index in [2.05, 4.69) is 54.3 Å². The molecule has 0 saturated heterocycles. The second-order valence-electron chi connectivity index (χ2n) is 5.65. The van der Waals surface area contributed by atoms with E-state index in [0.29, 0.717) is 0 Å². The van der Waals surface area contributed by atoms with E-state index >= 15 is 0 Å². The van der Waals surface area contributed by atoms with Crippen molar-refractivity contribution in [3.05, 3.63) is 83.9 Å². The van der Waals surface area contributed by atoms with Crippen molar-refractivity contribution in [1.82, 2.24) is 4.90 Å². The molecular formula is C21H20N2. The highest BCUT2D eigenvalue weighted by Gasteiger charge is 2.20. The zero-order chi connectivity index (χ0) is 16.1. The molecule has 114 valence electrons. The lowest BCUT2D eigenvalue weighted by Crippen LogP contribution is -2.27. The van der Waals surface area contributed by atoms with Gasteiger partial charge in [0, 0.05) is 6.54 Å². The summed E-state index contributed by atoms with van der Waals surface area (Å²) < 4.78 is 0. The van der Waals surface area contributed by atoms with Crippen LogP contribution in [0.15, 0.2) is 72.8 Å². The van der Waals surface area contributed by atoms with E-state index in [1.807, 2.05) is 36.4 Å². The molecular weight excluding hydrogens is 280 g/mol. The SMILES string of the molecule is CCN(Cc1ccccc1)C(C#N)c1cccc2ccccc12. The largest absolute Gasteiger partial charge is 0.280 e. The Morgan fingerprint density at radius 3 is 2.35 bits per heavy atom. The fourth-order valence-corrected chi connectivity index (χ4v) is 3.04. The standard InChI is InChI=1S/C21H20N2/c1-2-23(16-17-9-4-3-5-10-17)21(15-22)20-14-8-12-18-11-6-7-13-19(18)20/h3-14,21H,2,16H2,1H3. The maximum Gasteiger partial charge on any atom is 0.124 e. The van der Waals surface area contributed by atoms with Crippen LogP contribution in [0.2, 0.25) is 0 Å². The summed E-state index contributed by atoms with van der Waals surface area (Å²) in [6.07, 6.45) is 0. The van der Waals surface area contributed by atoms with E-state index in [0.717, 1.165) is 24.0 Å². The molecule has 3 aromatic rings. The number of hydrogen-bond acceptors (Lipinski definition) is 2. The van der Waals surface area contributed by atoms with Crippen molar-refractivity contribution in [1.29, 1.82) is 5.26 Å². The van der Waals surface area contributed by atoms with Crippen LogP contribution in [0.1, 0.15) is 24.1 Å². The lowest BCUT2D eigenvalue weighted by molar-refractivity contribution is 0.241. The van der Waals surface area contributed by atoms with E-state index in [4.69, 9.17) is 0 Å².